The van der Waals surface area contributed by atoms with E-state index >= 15 is 0 Å². The highest BCUT2D eigenvalue weighted by Gasteiger charge is 2.20. The number of piperazine rings is 1. The summed E-state index contributed by atoms with van der Waals surface area (Å²) in [5.74, 6) is 1.45. The molecule has 0 bridgehead atoms. The van der Waals surface area contributed by atoms with Crippen molar-refractivity contribution in [2.75, 3.05) is 44.3 Å². The Morgan fingerprint density at radius 3 is 2.56 bits per heavy atom. The SMILES string of the molecule is CCOc1ccc(/C=C/C(=O)N2CCN(c3nccs3)CC2)cc1OCC. The fourth-order valence-electron chi connectivity index (χ4n) is 2.93. The Bertz CT molecular complexity index is 769. The third-order valence-electron chi connectivity index (χ3n) is 4.27. The Balaban J connectivity index is 1.59. The Kier molecular flexibility index (Phi) is 6.70. The smallest absolute Gasteiger partial charge is 0.246 e. The number of hydrogen-bond donors (Lipinski definition) is 0. The summed E-state index contributed by atoms with van der Waals surface area (Å²) in [6.45, 7) is 8.06. The molecule has 2 aromatic rings. The van der Waals surface area contributed by atoms with E-state index in [4.69, 9.17) is 9.47 Å². The van der Waals surface area contributed by atoms with Gasteiger partial charge in [-0.3, -0.25) is 4.79 Å². The summed E-state index contributed by atoms with van der Waals surface area (Å²) < 4.78 is 11.2. The molecule has 0 atom stereocenters. The predicted octanol–water partition coefficient (Wildman–Crippen LogP) is 3.30. The average molecular weight is 388 g/mol. The maximum absolute atomic E-state index is 12.5. The second kappa shape index (κ2) is 9.41. The summed E-state index contributed by atoms with van der Waals surface area (Å²) in [7, 11) is 0. The summed E-state index contributed by atoms with van der Waals surface area (Å²) in [5, 5.41) is 3.00. The molecule has 1 fully saturated rings. The normalized spacial score (nSPS) is 14.6. The van der Waals surface area contributed by atoms with Crippen LogP contribution in [0.25, 0.3) is 6.08 Å². The highest BCUT2D eigenvalue weighted by Crippen LogP contribution is 2.29. The van der Waals surface area contributed by atoms with Crippen molar-refractivity contribution in [2.45, 2.75) is 13.8 Å². The molecule has 0 aliphatic carbocycles. The summed E-state index contributed by atoms with van der Waals surface area (Å²) in [6, 6.07) is 5.71. The van der Waals surface area contributed by atoms with Gasteiger partial charge in [0.15, 0.2) is 16.6 Å². The summed E-state index contributed by atoms with van der Waals surface area (Å²) in [6.07, 6.45) is 5.27. The number of rotatable bonds is 7. The number of amides is 1. The van der Waals surface area contributed by atoms with Gasteiger partial charge in [-0.15, -0.1) is 11.3 Å². The van der Waals surface area contributed by atoms with Crippen molar-refractivity contribution in [1.82, 2.24) is 9.88 Å². The summed E-state index contributed by atoms with van der Waals surface area (Å²) in [5.41, 5.74) is 0.914. The highest BCUT2D eigenvalue weighted by molar-refractivity contribution is 7.13. The second-order valence-corrected chi connectivity index (χ2v) is 6.91. The Labute approximate surface area is 164 Å². The first-order chi connectivity index (χ1) is 13.2. The van der Waals surface area contributed by atoms with Gasteiger partial charge in [-0.25, -0.2) is 4.98 Å². The largest absolute Gasteiger partial charge is 0.490 e. The van der Waals surface area contributed by atoms with Gasteiger partial charge < -0.3 is 19.3 Å². The van der Waals surface area contributed by atoms with Crippen LogP contribution in [0.3, 0.4) is 0 Å². The molecule has 0 N–H and O–H groups in total. The molecule has 1 aromatic carbocycles. The molecule has 27 heavy (non-hydrogen) atoms. The van der Waals surface area contributed by atoms with Crippen LogP contribution >= 0.6 is 11.3 Å². The van der Waals surface area contributed by atoms with Gasteiger partial charge in [0.25, 0.3) is 0 Å². The molecule has 1 saturated heterocycles. The number of anilines is 1. The maximum Gasteiger partial charge on any atom is 0.246 e. The molecule has 1 aliphatic heterocycles. The molecule has 1 aromatic heterocycles. The van der Waals surface area contributed by atoms with Crippen LogP contribution in [0, 0.1) is 0 Å². The molecule has 1 amide bonds. The third-order valence-corrected chi connectivity index (χ3v) is 5.10. The van der Waals surface area contributed by atoms with Crippen LogP contribution in [0.1, 0.15) is 19.4 Å². The molecule has 144 valence electrons. The Morgan fingerprint density at radius 2 is 1.89 bits per heavy atom. The van der Waals surface area contributed by atoms with E-state index in [0.29, 0.717) is 32.1 Å². The van der Waals surface area contributed by atoms with Crippen LogP contribution in [0.4, 0.5) is 5.13 Å². The van der Waals surface area contributed by atoms with Crippen molar-refractivity contribution in [3.05, 3.63) is 41.4 Å². The highest BCUT2D eigenvalue weighted by atomic mass is 32.1. The standard InChI is InChI=1S/C20H25N3O3S/c1-3-25-17-7-5-16(15-18(17)26-4-2)6-8-19(24)22-10-12-23(13-11-22)20-21-9-14-27-20/h5-9,14-15H,3-4,10-13H2,1-2H3/b8-6+. The number of carbonyl (C=O) groups is 1. The first-order valence-corrected chi connectivity index (χ1v) is 10.1. The molecule has 0 saturated carbocycles. The minimum Gasteiger partial charge on any atom is -0.490 e. The van der Waals surface area contributed by atoms with E-state index in [0.717, 1.165) is 29.5 Å². The number of hydrogen-bond acceptors (Lipinski definition) is 6. The fourth-order valence-corrected chi connectivity index (χ4v) is 3.63. The van der Waals surface area contributed by atoms with Crippen molar-refractivity contribution in [3.8, 4) is 11.5 Å². The summed E-state index contributed by atoms with van der Waals surface area (Å²) in [4.78, 5) is 20.9. The van der Waals surface area contributed by atoms with Gasteiger partial charge >= 0.3 is 0 Å². The number of benzene rings is 1. The first kappa shape index (κ1) is 19.2. The van der Waals surface area contributed by atoms with E-state index in [9.17, 15) is 4.79 Å². The number of aromatic nitrogens is 1. The van der Waals surface area contributed by atoms with Crippen molar-refractivity contribution in [3.63, 3.8) is 0 Å². The molecule has 0 unspecified atom stereocenters. The molecule has 0 spiro atoms. The molecule has 6 nitrogen and oxygen atoms in total. The second-order valence-electron chi connectivity index (χ2n) is 6.03. The van der Waals surface area contributed by atoms with E-state index in [-0.39, 0.29) is 5.91 Å². The van der Waals surface area contributed by atoms with Crippen LogP contribution in [0.15, 0.2) is 35.9 Å². The van der Waals surface area contributed by atoms with Gasteiger partial charge in [-0.2, -0.15) is 0 Å². The number of ether oxygens (including phenoxy) is 2. The lowest BCUT2D eigenvalue weighted by Crippen LogP contribution is -2.48. The van der Waals surface area contributed by atoms with Crippen molar-refractivity contribution in [1.29, 1.82) is 0 Å². The van der Waals surface area contributed by atoms with Crippen molar-refractivity contribution in [2.24, 2.45) is 0 Å². The lowest BCUT2D eigenvalue weighted by atomic mass is 10.2. The van der Waals surface area contributed by atoms with Crippen LogP contribution < -0.4 is 14.4 Å². The third kappa shape index (κ3) is 5.01. The maximum atomic E-state index is 12.5. The topological polar surface area (TPSA) is 54.9 Å². The number of carbonyl (C=O) groups excluding carboxylic acids is 1. The Hall–Kier alpha value is -2.54. The van der Waals surface area contributed by atoms with E-state index in [1.54, 1.807) is 17.4 Å². The molecule has 1 aliphatic rings. The van der Waals surface area contributed by atoms with Crippen LogP contribution in [0.2, 0.25) is 0 Å². The molecule has 7 heteroatoms. The molecule has 2 heterocycles. The van der Waals surface area contributed by atoms with Crippen molar-refractivity contribution < 1.29 is 14.3 Å². The van der Waals surface area contributed by atoms with Gasteiger partial charge in [0, 0.05) is 43.8 Å². The average Bonchev–Trinajstić information content (AvgIpc) is 3.23. The van der Waals surface area contributed by atoms with Gasteiger partial charge in [0.2, 0.25) is 5.91 Å². The van der Waals surface area contributed by atoms with E-state index in [2.05, 4.69) is 9.88 Å². The van der Waals surface area contributed by atoms with Gasteiger partial charge in [-0.1, -0.05) is 6.07 Å². The summed E-state index contributed by atoms with van der Waals surface area (Å²) >= 11 is 1.63. The van der Waals surface area contributed by atoms with Crippen molar-refractivity contribution >= 4 is 28.5 Å². The lowest BCUT2D eigenvalue weighted by molar-refractivity contribution is -0.126. The monoisotopic (exact) mass is 387 g/mol. The minimum atomic E-state index is 0.0284. The van der Waals surface area contributed by atoms with Crippen LogP contribution in [-0.4, -0.2) is 55.2 Å². The molecular formula is C20H25N3O3S. The number of thiazole rings is 1. The lowest BCUT2D eigenvalue weighted by Gasteiger charge is -2.34. The molecule has 3 rings (SSSR count). The molecule has 0 radical (unpaired) electrons. The van der Waals surface area contributed by atoms with Gasteiger partial charge in [0.1, 0.15) is 0 Å². The van der Waals surface area contributed by atoms with Crippen LogP contribution in [0.5, 0.6) is 11.5 Å². The predicted molar refractivity (Wildman–Crippen MR) is 109 cm³/mol. The van der Waals surface area contributed by atoms with E-state index in [1.165, 1.54) is 0 Å². The zero-order chi connectivity index (χ0) is 19.1. The number of nitrogens with zero attached hydrogens (tertiary/aromatic N) is 3. The first-order valence-electron chi connectivity index (χ1n) is 9.22. The zero-order valence-electron chi connectivity index (χ0n) is 15.8. The fraction of sp³-hybridized carbons (Fsp3) is 0.400. The van der Waals surface area contributed by atoms with E-state index < -0.39 is 0 Å². The van der Waals surface area contributed by atoms with E-state index in [1.807, 2.05) is 54.6 Å². The zero-order valence-corrected chi connectivity index (χ0v) is 16.6. The van der Waals surface area contributed by atoms with Gasteiger partial charge in [-0.05, 0) is 37.6 Å². The minimum absolute atomic E-state index is 0.0284. The van der Waals surface area contributed by atoms with Gasteiger partial charge in [0.05, 0.1) is 13.2 Å². The molecular weight excluding hydrogens is 362 g/mol. The van der Waals surface area contributed by atoms with Crippen LogP contribution in [-0.2, 0) is 4.79 Å². The Morgan fingerprint density at radius 1 is 1.15 bits per heavy atom. The quantitative estimate of drug-likeness (QED) is 0.683.